The highest BCUT2D eigenvalue weighted by Gasteiger charge is 2.36. The van der Waals surface area contributed by atoms with Crippen LogP contribution in [0.1, 0.15) is 25.3 Å². The second kappa shape index (κ2) is 6.70. The summed E-state index contributed by atoms with van der Waals surface area (Å²) in [4.78, 5) is 0. The van der Waals surface area contributed by atoms with E-state index in [1.54, 1.807) is 4.57 Å². The van der Waals surface area contributed by atoms with Crippen LogP contribution in [0, 0.1) is 0 Å². The number of sulfonamides is 1. The summed E-state index contributed by atoms with van der Waals surface area (Å²) in [6.07, 6.45) is 1.42. The van der Waals surface area contributed by atoms with E-state index in [1.165, 1.54) is 11.8 Å². The summed E-state index contributed by atoms with van der Waals surface area (Å²) in [6, 6.07) is 7.62. The van der Waals surface area contributed by atoms with Gasteiger partial charge in [-0.2, -0.15) is 0 Å². The van der Waals surface area contributed by atoms with Gasteiger partial charge in [-0.25, -0.2) is 8.42 Å². The van der Waals surface area contributed by atoms with Crippen molar-refractivity contribution < 1.29 is 8.42 Å². The maximum atomic E-state index is 12.0. The van der Waals surface area contributed by atoms with Gasteiger partial charge in [0.1, 0.15) is 0 Å². The lowest BCUT2D eigenvalue weighted by Crippen LogP contribution is -2.20. The van der Waals surface area contributed by atoms with E-state index in [0.717, 1.165) is 5.56 Å². The van der Waals surface area contributed by atoms with E-state index in [-0.39, 0.29) is 11.2 Å². The van der Waals surface area contributed by atoms with Crippen LogP contribution >= 0.6 is 23.4 Å². The number of anilines is 1. The molecule has 1 aliphatic rings. The molecule has 3 rings (SSSR count). The third kappa shape index (κ3) is 3.81. The zero-order valence-corrected chi connectivity index (χ0v) is 15.0. The summed E-state index contributed by atoms with van der Waals surface area (Å²) in [5.41, 5.74) is 1.00. The van der Waals surface area contributed by atoms with Crippen LogP contribution in [-0.2, 0) is 22.3 Å². The predicted molar refractivity (Wildman–Crippen MR) is 92.3 cm³/mol. The van der Waals surface area contributed by atoms with Crippen LogP contribution in [0.3, 0.4) is 0 Å². The number of nitrogens with one attached hydrogen (secondary N) is 1. The fourth-order valence-corrected chi connectivity index (χ4v) is 4.72. The molecule has 23 heavy (non-hydrogen) atoms. The second-order valence-electron chi connectivity index (χ2n) is 5.28. The number of hydrogen-bond acceptors (Lipinski definition) is 5. The van der Waals surface area contributed by atoms with E-state index in [9.17, 15) is 8.42 Å². The Bertz CT molecular complexity index is 803. The molecule has 1 saturated carbocycles. The summed E-state index contributed by atoms with van der Waals surface area (Å²) in [7, 11) is -3.34. The topological polar surface area (TPSA) is 76.9 Å². The third-order valence-corrected chi connectivity index (χ3v) is 6.74. The Morgan fingerprint density at radius 3 is 2.74 bits per heavy atom. The molecule has 9 heteroatoms. The van der Waals surface area contributed by atoms with Crippen LogP contribution in [0.2, 0.25) is 5.02 Å². The monoisotopic (exact) mass is 372 g/mol. The molecule has 0 aliphatic heterocycles. The fraction of sp³-hybridized carbons (Fsp3) is 0.429. The first-order valence-electron chi connectivity index (χ1n) is 7.32. The van der Waals surface area contributed by atoms with Crippen LogP contribution in [0.25, 0.3) is 0 Å². The average molecular weight is 373 g/mol. The number of benzene rings is 1. The SMILES string of the molecule is CCn1c(NS(=O)(=O)C2CC2)nnc1SCc1ccccc1Cl. The summed E-state index contributed by atoms with van der Waals surface area (Å²) in [5, 5.41) is 9.17. The van der Waals surface area contributed by atoms with Crippen molar-refractivity contribution in [3.05, 3.63) is 34.9 Å². The van der Waals surface area contributed by atoms with Crippen molar-refractivity contribution in [1.82, 2.24) is 14.8 Å². The van der Waals surface area contributed by atoms with Crippen LogP contribution in [0.5, 0.6) is 0 Å². The van der Waals surface area contributed by atoms with Crippen molar-refractivity contribution in [2.45, 2.75) is 42.5 Å². The van der Waals surface area contributed by atoms with Crippen molar-refractivity contribution >= 4 is 39.3 Å². The van der Waals surface area contributed by atoms with Crippen molar-refractivity contribution in [1.29, 1.82) is 0 Å². The zero-order valence-electron chi connectivity index (χ0n) is 12.6. The molecule has 1 heterocycles. The number of thioether (sulfide) groups is 1. The van der Waals surface area contributed by atoms with Crippen molar-refractivity contribution in [3.63, 3.8) is 0 Å². The summed E-state index contributed by atoms with van der Waals surface area (Å²) in [6.45, 7) is 2.51. The zero-order chi connectivity index (χ0) is 16.4. The lowest BCUT2D eigenvalue weighted by Gasteiger charge is -2.09. The third-order valence-electron chi connectivity index (χ3n) is 3.54. The minimum absolute atomic E-state index is 0.279. The minimum atomic E-state index is -3.34. The Hall–Kier alpha value is -1.25. The molecule has 6 nitrogen and oxygen atoms in total. The summed E-state index contributed by atoms with van der Waals surface area (Å²) < 4.78 is 28.4. The minimum Gasteiger partial charge on any atom is -0.288 e. The van der Waals surface area contributed by atoms with Crippen molar-refractivity contribution in [2.75, 3.05) is 4.72 Å². The van der Waals surface area contributed by atoms with Gasteiger partial charge in [0.25, 0.3) is 0 Å². The molecular formula is C14H17ClN4O2S2. The Morgan fingerprint density at radius 1 is 1.35 bits per heavy atom. The van der Waals surface area contributed by atoms with Gasteiger partial charge in [-0.1, -0.05) is 41.6 Å². The van der Waals surface area contributed by atoms with Crippen molar-refractivity contribution in [3.8, 4) is 0 Å². The Morgan fingerprint density at radius 2 is 2.09 bits per heavy atom. The number of nitrogens with zero attached hydrogens (tertiary/aromatic N) is 3. The molecule has 1 aromatic heterocycles. The normalized spacial score (nSPS) is 14.9. The van der Waals surface area contributed by atoms with Gasteiger partial charge in [0.15, 0.2) is 5.16 Å². The predicted octanol–water partition coefficient (Wildman–Crippen LogP) is 3.15. The maximum Gasteiger partial charge on any atom is 0.238 e. The lowest BCUT2D eigenvalue weighted by molar-refractivity contribution is 0.598. The first-order chi connectivity index (χ1) is 11.0. The molecule has 1 aromatic carbocycles. The summed E-state index contributed by atoms with van der Waals surface area (Å²) in [5.74, 6) is 0.925. The molecule has 0 bridgehead atoms. The van der Waals surface area contributed by atoms with Gasteiger partial charge in [0.2, 0.25) is 16.0 Å². The Kier molecular flexibility index (Phi) is 4.84. The molecule has 1 N–H and O–H groups in total. The highest BCUT2D eigenvalue weighted by atomic mass is 35.5. The first kappa shape index (κ1) is 16.6. The van der Waals surface area contributed by atoms with Gasteiger partial charge in [-0.05, 0) is 31.4 Å². The standard InChI is InChI=1S/C14H17ClN4O2S2/c1-2-19-13(18-23(20,21)11-7-8-11)16-17-14(19)22-9-10-5-3-4-6-12(10)15/h3-6,11H,2,7-9H2,1H3,(H,16,18). The number of rotatable bonds is 7. The van der Waals surface area contributed by atoms with E-state index >= 15 is 0 Å². The Balaban J connectivity index is 1.74. The molecule has 0 atom stereocenters. The van der Waals surface area contributed by atoms with E-state index in [0.29, 0.717) is 35.3 Å². The second-order valence-corrected chi connectivity index (χ2v) is 8.59. The number of halogens is 1. The van der Waals surface area contributed by atoms with E-state index < -0.39 is 10.0 Å². The van der Waals surface area contributed by atoms with Crippen LogP contribution in [0.4, 0.5) is 5.95 Å². The first-order valence-corrected chi connectivity index (χ1v) is 10.2. The van der Waals surface area contributed by atoms with Crippen molar-refractivity contribution in [2.24, 2.45) is 0 Å². The van der Waals surface area contributed by atoms with Gasteiger partial charge in [0, 0.05) is 17.3 Å². The molecule has 124 valence electrons. The van der Waals surface area contributed by atoms with Crippen LogP contribution < -0.4 is 4.72 Å². The van der Waals surface area contributed by atoms with E-state index in [1.807, 2.05) is 31.2 Å². The fourth-order valence-electron chi connectivity index (χ4n) is 2.10. The van der Waals surface area contributed by atoms with E-state index in [2.05, 4.69) is 14.9 Å². The summed E-state index contributed by atoms with van der Waals surface area (Å²) >= 11 is 7.63. The molecule has 2 aromatic rings. The van der Waals surface area contributed by atoms with Crippen LogP contribution in [-0.4, -0.2) is 28.4 Å². The van der Waals surface area contributed by atoms with E-state index in [4.69, 9.17) is 11.6 Å². The smallest absolute Gasteiger partial charge is 0.238 e. The molecule has 1 fully saturated rings. The molecule has 0 saturated heterocycles. The largest absolute Gasteiger partial charge is 0.288 e. The lowest BCUT2D eigenvalue weighted by atomic mass is 10.2. The molecule has 0 spiro atoms. The van der Waals surface area contributed by atoms with Gasteiger partial charge in [-0.3, -0.25) is 9.29 Å². The quantitative estimate of drug-likeness (QED) is 0.755. The number of aromatic nitrogens is 3. The van der Waals surface area contributed by atoms with Gasteiger partial charge < -0.3 is 0 Å². The highest BCUT2D eigenvalue weighted by molar-refractivity contribution is 7.98. The highest BCUT2D eigenvalue weighted by Crippen LogP contribution is 2.31. The molecule has 0 amide bonds. The van der Waals surface area contributed by atoms with Gasteiger partial charge in [0.05, 0.1) is 5.25 Å². The Labute approximate surface area is 144 Å². The van der Waals surface area contributed by atoms with Gasteiger partial charge in [-0.15, -0.1) is 10.2 Å². The molecule has 0 unspecified atom stereocenters. The molecule has 0 radical (unpaired) electrons. The maximum absolute atomic E-state index is 12.0. The van der Waals surface area contributed by atoms with Crippen LogP contribution in [0.15, 0.2) is 29.4 Å². The average Bonchev–Trinajstić information content (AvgIpc) is 3.31. The molecular weight excluding hydrogens is 356 g/mol. The molecule has 1 aliphatic carbocycles. The number of hydrogen-bond donors (Lipinski definition) is 1. The van der Waals surface area contributed by atoms with Gasteiger partial charge >= 0.3 is 0 Å².